The summed E-state index contributed by atoms with van der Waals surface area (Å²) in [5.74, 6) is 2.29. The number of benzene rings is 1. The summed E-state index contributed by atoms with van der Waals surface area (Å²) in [6.45, 7) is 6.62. The molecule has 1 aliphatic rings. The van der Waals surface area contributed by atoms with Crippen LogP contribution in [0.3, 0.4) is 0 Å². The third kappa shape index (κ3) is 4.56. The van der Waals surface area contributed by atoms with E-state index in [2.05, 4.69) is 33.1 Å². The molecule has 0 aliphatic carbocycles. The second-order valence-electron chi connectivity index (χ2n) is 6.36. The van der Waals surface area contributed by atoms with Crippen LogP contribution in [-0.4, -0.2) is 66.9 Å². The first-order valence-corrected chi connectivity index (χ1v) is 8.60. The van der Waals surface area contributed by atoms with Gasteiger partial charge in [-0.1, -0.05) is 23.4 Å². The van der Waals surface area contributed by atoms with Crippen molar-refractivity contribution in [1.82, 2.24) is 19.9 Å². The van der Waals surface area contributed by atoms with Gasteiger partial charge in [-0.05, 0) is 20.0 Å². The number of methoxy groups -OCH3 is 1. The van der Waals surface area contributed by atoms with Gasteiger partial charge in [-0.25, -0.2) is 0 Å². The third-order valence-corrected chi connectivity index (χ3v) is 4.47. The van der Waals surface area contributed by atoms with E-state index in [0.29, 0.717) is 24.9 Å². The number of aryl methyl sites for hydroxylation is 1. The van der Waals surface area contributed by atoms with Crippen molar-refractivity contribution < 1.29 is 14.0 Å². The zero-order valence-corrected chi connectivity index (χ0v) is 15.1. The lowest BCUT2D eigenvalue weighted by atomic mass is 10.1. The van der Waals surface area contributed by atoms with E-state index < -0.39 is 0 Å². The molecule has 0 unspecified atom stereocenters. The van der Waals surface area contributed by atoms with Gasteiger partial charge < -0.3 is 14.0 Å². The van der Waals surface area contributed by atoms with Crippen molar-refractivity contribution in [3.05, 3.63) is 41.5 Å². The fourth-order valence-electron chi connectivity index (χ4n) is 3.04. The van der Waals surface area contributed by atoms with Gasteiger partial charge in [0.05, 0.1) is 6.61 Å². The van der Waals surface area contributed by atoms with Gasteiger partial charge in [0.15, 0.2) is 5.82 Å². The van der Waals surface area contributed by atoms with Gasteiger partial charge in [-0.2, -0.15) is 4.98 Å². The number of para-hydroxylation sites is 1. The monoisotopic (exact) mass is 346 g/mol. The number of ether oxygens (including phenoxy) is 2. The highest BCUT2D eigenvalue weighted by Crippen LogP contribution is 2.26. The summed E-state index contributed by atoms with van der Waals surface area (Å²) in [5, 5.41) is 3.93. The van der Waals surface area contributed by atoms with Gasteiger partial charge in [-0.3, -0.25) is 9.80 Å². The lowest BCUT2D eigenvalue weighted by Crippen LogP contribution is -2.46. The van der Waals surface area contributed by atoms with E-state index in [1.165, 1.54) is 5.56 Å². The van der Waals surface area contributed by atoms with Crippen LogP contribution in [0, 0.1) is 6.92 Å². The number of hydrogen-bond donors (Lipinski definition) is 0. The van der Waals surface area contributed by atoms with Crippen molar-refractivity contribution in [1.29, 1.82) is 0 Å². The highest BCUT2D eigenvalue weighted by Gasteiger charge is 2.30. The molecular formula is C18H26N4O3. The molecule has 136 valence electrons. The van der Waals surface area contributed by atoms with E-state index in [9.17, 15) is 0 Å². The van der Waals surface area contributed by atoms with Gasteiger partial charge >= 0.3 is 0 Å². The molecule has 0 saturated carbocycles. The Morgan fingerprint density at radius 3 is 2.84 bits per heavy atom. The molecule has 0 radical (unpaired) electrons. The minimum Gasteiger partial charge on any atom is -0.491 e. The SMILES string of the molecule is COCCOc1ccccc1CN1CCN(C)[C@H](c2nc(C)no2)C1. The van der Waals surface area contributed by atoms with Crippen LogP contribution in [0.1, 0.15) is 23.3 Å². The van der Waals surface area contributed by atoms with Crippen molar-refractivity contribution in [3.8, 4) is 5.75 Å². The lowest BCUT2D eigenvalue weighted by molar-refractivity contribution is 0.0705. The zero-order valence-electron chi connectivity index (χ0n) is 15.1. The molecule has 3 rings (SSSR count). The lowest BCUT2D eigenvalue weighted by Gasteiger charge is -2.37. The van der Waals surface area contributed by atoms with Crippen LogP contribution < -0.4 is 4.74 Å². The van der Waals surface area contributed by atoms with Gasteiger partial charge in [0.25, 0.3) is 0 Å². The van der Waals surface area contributed by atoms with E-state index in [1.807, 2.05) is 25.1 Å². The van der Waals surface area contributed by atoms with Crippen LogP contribution in [0.5, 0.6) is 5.75 Å². The molecule has 25 heavy (non-hydrogen) atoms. The van der Waals surface area contributed by atoms with Crippen molar-refractivity contribution in [2.24, 2.45) is 0 Å². The molecule has 1 aliphatic heterocycles. The maximum Gasteiger partial charge on any atom is 0.245 e. The minimum atomic E-state index is 0.122. The van der Waals surface area contributed by atoms with E-state index in [-0.39, 0.29) is 6.04 Å². The summed E-state index contributed by atoms with van der Waals surface area (Å²) >= 11 is 0. The Hall–Kier alpha value is -1.96. The number of aromatic nitrogens is 2. The summed E-state index contributed by atoms with van der Waals surface area (Å²) < 4.78 is 16.3. The van der Waals surface area contributed by atoms with E-state index in [0.717, 1.165) is 31.9 Å². The molecule has 7 nitrogen and oxygen atoms in total. The van der Waals surface area contributed by atoms with E-state index in [4.69, 9.17) is 14.0 Å². The van der Waals surface area contributed by atoms with Crippen LogP contribution in [0.25, 0.3) is 0 Å². The van der Waals surface area contributed by atoms with Crippen LogP contribution in [0.2, 0.25) is 0 Å². The van der Waals surface area contributed by atoms with Gasteiger partial charge in [0, 0.05) is 38.9 Å². The molecule has 1 aromatic heterocycles. The highest BCUT2D eigenvalue weighted by atomic mass is 16.5. The predicted molar refractivity (Wildman–Crippen MR) is 93.5 cm³/mol. The number of likely N-dealkylation sites (N-methyl/N-ethyl adjacent to an activating group) is 1. The minimum absolute atomic E-state index is 0.122. The molecular weight excluding hydrogens is 320 g/mol. The zero-order chi connectivity index (χ0) is 17.6. The molecule has 1 saturated heterocycles. The summed E-state index contributed by atoms with van der Waals surface area (Å²) in [6.07, 6.45) is 0. The molecule has 7 heteroatoms. The Morgan fingerprint density at radius 1 is 1.24 bits per heavy atom. The summed E-state index contributed by atoms with van der Waals surface area (Å²) in [6, 6.07) is 8.30. The predicted octanol–water partition coefficient (Wildman–Crippen LogP) is 1.89. The fourth-order valence-corrected chi connectivity index (χ4v) is 3.04. The molecule has 2 heterocycles. The van der Waals surface area contributed by atoms with Crippen LogP contribution in [0.4, 0.5) is 0 Å². The van der Waals surface area contributed by atoms with E-state index in [1.54, 1.807) is 7.11 Å². The quantitative estimate of drug-likeness (QED) is 0.709. The molecule has 0 bridgehead atoms. The molecule has 1 fully saturated rings. The van der Waals surface area contributed by atoms with E-state index >= 15 is 0 Å². The fraction of sp³-hybridized carbons (Fsp3) is 0.556. The van der Waals surface area contributed by atoms with Crippen molar-refractivity contribution in [3.63, 3.8) is 0 Å². The Morgan fingerprint density at radius 2 is 2.08 bits per heavy atom. The average molecular weight is 346 g/mol. The van der Waals surface area contributed by atoms with Gasteiger partial charge in [0.2, 0.25) is 5.89 Å². The van der Waals surface area contributed by atoms with Crippen LogP contribution in [-0.2, 0) is 11.3 Å². The molecule has 0 amide bonds. The third-order valence-electron chi connectivity index (χ3n) is 4.47. The Labute approximate surface area is 148 Å². The second kappa shape index (κ2) is 8.42. The van der Waals surface area contributed by atoms with Gasteiger partial charge in [0.1, 0.15) is 18.4 Å². The van der Waals surface area contributed by atoms with Crippen molar-refractivity contribution in [2.75, 3.05) is 47.0 Å². The normalized spacial score (nSPS) is 19.2. The van der Waals surface area contributed by atoms with Crippen LogP contribution in [0.15, 0.2) is 28.8 Å². The maximum absolute atomic E-state index is 5.85. The molecule has 1 aromatic carbocycles. The molecule has 0 N–H and O–H groups in total. The Bertz CT molecular complexity index is 676. The average Bonchev–Trinajstić information content (AvgIpc) is 3.04. The smallest absolute Gasteiger partial charge is 0.245 e. The number of rotatable bonds is 7. The number of piperazine rings is 1. The summed E-state index contributed by atoms with van der Waals surface area (Å²) in [5.41, 5.74) is 1.18. The largest absolute Gasteiger partial charge is 0.491 e. The van der Waals surface area contributed by atoms with Crippen molar-refractivity contribution >= 4 is 0 Å². The number of hydrogen-bond acceptors (Lipinski definition) is 7. The maximum atomic E-state index is 5.85. The topological polar surface area (TPSA) is 63.9 Å². The Balaban J connectivity index is 1.67. The van der Waals surface area contributed by atoms with Crippen LogP contribution >= 0.6 is 0 Å². The first-order valence-electron chi connectivity index (χ1n) is 8.60. The number of nitrogens with zero attached hydrogens (tertiary/aromatic N) is 4. The summed E-state index contributed by atoms with van der Waals surface area (Å²) in [4.78, 5) is 9.08. The van der Waals surface area contributed by atoms with Crippen molar-refractivity contribution in [2.45, 2.75) is 19.5 Å². The first-order chi connectivity index (χ1) is 12.2. The standard InChI is InChI=1S/C18H26N4O3/c1-14-19-18(25-20-14)16-13-22(9-8-21(16)2)12-15-6-4-5-7-17(15)24-11-10-23-3/h4-7,16H,8-13H2,1-3H3/t16-/m0/s1. The second-order valence-corrected chi connectivity index (χ2v) is 6.36. The highest BCUT2D eigenvalue weighted by molar-refractivity contribution is 5.33. The molecule has 0 spiro atoms. The van der Waals surface area contributed by atoms with Gasteiger partial charge in [-0.15, -0.1) is 0 Å². The molecule has 1 atom stereocenters. The first kappa shape index (κ1) is 17.8. The molecule has 2 aromatic rings. The summed E-state index contributed by atoms with van der Waals surface area (Å²) in [7, 11) is 3.78. The Kier molecular flexibility index (Phi) is 6.01.